The number of aromatic nitrogens is 1. The zero-order valence-electron chi connectivity index (χ0n) is 17.4. The number of thioether (sulfide) groups is 1. The Morgan fingerprint density at radius 3 is 2.53 bits per heavy atom. The minimum atomic E-state index is -0.892. The molecule has 0 unspecified atom stereocenters. The molecular weight excluding hydrogens is 420 g/mol. The van der Waals surface area contributed by atoms with Crippen LogP contribution in [-0.4, -0.2) is 37.7 Å². The van der Waals surface area contributed by atoms with Gasteiger partial charge in [0.25, 0.3) is 11.1 Å². The van der Waals surface area contributed by atoms with Crippen molar-refractivity contribution in [1.29, 1.82) is 0 Å². The van der Waals surface area contributed by atoms with Crippen molar-refractivity contribution in [2.75, 3.05) is 0 Å². The molecule has 4 rings (SSSR count). The Morgan fingerprint density at radius 2 is 1.90 bits per heavy atom. The summed E-state index contributed by atoms with van der Waals surface area (Å²) >= 11 is 2.51. The van der Waals surface area contributed by atoms with E-state index in [1.807, 2.05) is 38.3 Å². The van der Waals surface area contributed by atoms with Crippen molar-refractivity contribution in [3.05, 3.63) is 43.9 Å². The van der Waals surface area contributed by atoms with Gasteiger partial charge in [0.2, 0.25) is 0 Å². The molecule has 0 saturated carbocycles. The summed E-state index contributed by atoms with van der Waals surface area (Å²) in [6.45, 7) is 7.50. The van der Waals surface area contributed by atoms with Crippen LogP contribution in [0, 0.1) is 13.8 Å². The van der Waals surface area contributed by atoms with Gasteiger partial charge in [0.15, 0.2) is 0 Å². The van der Waals surface area contributed by atoms with E-state index >= 15 is 0 Å². The lowest BCUT2D eigenvalue weighted by Crippen LogP contribution is -2.34. The first-order chi connectivity index (χ1) is 14.2. The predicted molar refractivity (Wildman–Crippen MR) is 120 cm³/mol. The number of carbonyl (C=O) groups is 3. The number of thiophene rings is 1. The highest BCUT2D eigenvalue weighted by Gasteiger charge is 2.37. The zero-order chi connectivity index (χ0) is 21.7. The smallest absolute Gasteiger partial charge is 0.339 e. The molecule has 6 nitrogen and oxygen atoms in total. The Balaban J connectivity index is 1.80. The minimum Gasteiger partial charge on any atom is -0.478 e. The van der Waals surface area contributed by atoms with Crippen LogP contribution in [0.3, 0.4) is 0 Å². The number of amides is 2. The van der Waals surface area contributed by atoms with Crippen LogP contribution in [0.25, 0.3) is 11.1 Å². The topological polar surface area (TPSA) is 79.6 Å². The SMILES string of the molecule is Cc1cc(/C=C2\SC(=O)N(C(C)C)C2=O)c(C)n1-c1sc2c(c1C(=O)O)CCCC2. The molecule has 1 aliphatic carbocycles. The van der Waals surface area contributed by atoms with Gasteiger partial charge in [0.1, 0.15) is 5.00 Å². The van der Waals surface area contributed by atoms with Crippen molar-refractivity contribution in [1.82, 2.24) is 9.47 Å². The quantitative estimate of drug-likeness (QED) is 0.658. The molecule has 0 spiro atoms. The first-order valence-corrected chi connectivity index (χ1v) is 11.7. The maximum Gasteiger partial charge on any atom is 0.339 e. The lowest BCUT2D eigenvalue weighted by molar-refractivity contribution is -0.123. The molecule has 1 aliphatic heterocycles. The number of hydrogen-bond donors (Lipinski definition) is 1. The summed E-state index contributed by atoms with van der Waals surface area (Å²) in [7, 11) is 0. The van der Waals surface area contributed by atoms with Crippen LogP contribution in [0.1, 0.15) is 64.4 Å². The van der Waals surface area contributed by atoms with E-state index in [-0.39, 0.29) is 17.2 Å². The number of aryl methyl sites for hydroxylation is 2. The fraction of sp³-hybridized carbons (Fsp3) is 0.409. The molecule has 3 heterocycles. The molecule has 158 valence electrons. The number of nitrogens with zero attached hydrogens (tertiary/aromatic N) is 2. The average molecular weight is 445 g/mol. The lowest BCUT2D eigenvalue weighted by atomic mass is 9.95. The minimum absolute atomic E-state index is 0.189. The second-order valence-electron chi connectivity index (χ2n) is 8.00. The van der Waals surface area contributed by atoms with Crippen molar-refractivity contribution >= 4 is 46.3 Å². The second-order valence-corrected chi connectivity index (χ2v) is 10.1. The van der Waals surface area contributed by atoms with Gasteiger partial charge < -0.3 is 9.67 Å². The molecule has 0 bridgehead atoms. The lowest BCUT2D eigenvalue weighted by Gasteiger charge is -2.16. The van der Waals surface area contributed by atoms with Gasteiger partial charge in [-0.15, -0.1) is 11.3 Å². The van der Waals surface area contributed by atoms with Crippen LogP contribution in [-0.2, 0) is 17.6 Å². The number of carbonyl (C=O) groups excluding carboxylic acids is 2. The van der Waals surface area contributed by atoms with Gasteiger partial charge in [0, 0.05) is 22.3 Å². The van der Waals surface area contributed by atoms with Gasteiger partial charge >= 0.3 is 5.97 Å². The normalized spacial score (nSPS) is 18.0. The van der Waals surface area contributed by atoms with Gasteiger partial charge in [-0.25, -0.2) is 4.79 Å². The van der Waals surface area contributed by atoms with Gasteiger partial charge in [-0.3, -0.25) is 14.5 Å². The number of carboxylic acids is 1. The molecule has 0 atom stereocenters. The summed E-state index contributed by atoms with van der Waals surface area (Å²) in [6, 6.07) is 1.76. The summed E-state index contributed by atoms with van der Waals surface area (Å²) in [5, 5.41) is 10.4. The fourth-order valence-electron chi connectivity index (χ4n) is 4.24. The maximum absolute atomic E-state index is 12.6. The molecule has 1 N–H and O–H groups in total. The van der Waals surface area contributed by atoms with E-state index in [4.69, 9.17) is 0 Å². The van der Waals surface area contributed by atoms with Crippen molar-refractivity contribution < 1.29 is 19.5 Å². The molecule has 0 radical (unpaired) electrons. The second kappa shape index (κ2) is 7.74. The van der Waals surface area contributed by atoms with Gasteiger partial charge in [-0.05, 0) is 88.4 Å². The third-order valence-corrected chi connectivity index (χ3v) is 7.83. The highest BCUT2D eigenvalue weighted by molar-refractivity contribution is 8.18. The maximum atomic E-state index is 12.6. The van der Waals surface area contributed by atoms with Crippen LogP contribution in [0.5, 0.6) is 0 Å². The molecule has 2 amide bonds. The summed E-state index contributed by atoms with van der Waals surface area (Å²) in [5.41, 5.74) is 3.97. The van der Waals surface area contributed by atoms with E-state index in [0.29, 0.717) is 10.5 Å². The van der Waals surface area contributed by atoms with Crippen LogP contribution in [0.4, 0.5) is 4.79 Å². The van der Waals surface area contributed by atoms with Crippen LogP contribution in [0.15, 0.2) is 11.0 Å². The number of imide groups is 1. The molecule has 1 saturated heterocycles. The van der Waals surface area contributed by atoms with Gasteiger partial charge in [0.05, 0.1) is 10.5 Å². The third kappa shape index (κ3) is 3.32. The van der Waals surface area contributed by atoms with Crippen molar-refractivity contribution in [3.8, 4) is 5.00 Å². The van der Waals surface area contributed by atoms with E-state index in [1.165, 1.54) is 9.78 Å². The summed E-state index contributed by atoms with van der Waals surface area (Å²) in [6.07, 6.45) is 5.59. The van der Waals surface area contributed by atoms with E-state index in [2.05, 4.69) is 0 Å². The van der Waals surface area contributed by atoms with E-state index in [1.54, 1.807) is 17.4 Å². The molecule has 1 fully saturated rings. The Morgan fingerprint density at radius 1 is 1.20 bits per heavy atom. The highest BCUT2D eigenvalue weighted by atomic mass is 32.2. The van der Waals surface area contributed by atoms with Crippen molar-refractivity contribution in [3.63, 3.8) is 0 Å². The highest BCUT2D eigenvalue weighted by Crippen LogP contribution is 2.40. The molecule has 30 heavy (non-hydrogen) atoms. The monoisotopic (exact) mass is 444 g/mol. The van der Waals surface area contributed by atoms with Gasteiger partial charge in [-0.2, -0.15) is 0 Å². The number of fused-ring (bicyclic) bond motifs is 1. The summed E-state index contributed by atoms with van der Waals surface area (Å²) in [5.74, 6) is -1.17. The Labute approximate surface area is 183 Å². The number of carboxylic acid groups (broad SMARTS) is 1. The molecule has 2 aromatic heterocycles. The van der Waals surface area contributed by atoms with E-state index < -0.39 is 5.97 Å². The molecule has 2 aliphatic rings. The Kier molecular flexibility index (Phi) is 5.40. The Bertz CT molecular complexity index is 1110. The first-order valence-electron chi connectivity index (χ1n) is 10.0. The summed E-state index contributed by atoms with van der Waals surface area (Å²) in [4.78, 5) is 39.8. The number of aromatic carboxylic acids is 1. The van der Waals surface area contributed by atoms with Gasteiger partial charge in [-0.1, -0.05) is 0 Å². The Hall–Kier alpha value is -2.32. The van der Waals surface area contributed by atoms with Crippen LogP contribution >= 0.6 is 23.1 Å². The molecule has 0 aromatic carbocycles. The predicted octanol–water partition coefficient (Wildman–Crippen LogP) is 5.18. The fourth-order valence-corrected chi connectivity index (χ4v) is 6.69. The molecule has 8 heteroatoms. The number of rotatable bonds is 4. The van der Waals surface area contributed by atoms with Crippen LogP contribution < -0.4 is 0 Å². The third-order valence-electron chi connectivity index (χ3n) is 5.67. The molecule has 2 aromatic rings. The molecular formula is C22H24N2O4S2. The van der Waals surface area contributed by atoms with E-state index in [9.17, 15) is 19.5 Å². The number of hydrogen-bond acceptors (Lipinski definition) is 5. The van der Waals surface area contributed by atoms with Crippen molar-refractivity contribution in [2.45, 2.75) is 59.4 Å². The summed E-state index contributed by atoms with van der Waals surface area (Å²) < 4.78 is 1.98. The van der Waals surface area contributed by atoms with Crippen LogP contribution in [0.2, 0.25) is 0 Å². The van der Waals surface area contributed by atoms with Crippen molar-refractivity contribution in [2.24, 2.45) is 0 Å². The van der Waals surface area contributed by atoms with E-state index in [0.717, 1.165) is 65.0 Å². The zero-order valence-corrected chi connectivity index (χ0v) is 19.1. The standard InChI is InChI=1S/C22H24N2O4S2/c1-11(2)23-19(25)17(30-22(23)28)10-14-9-12(3)24(13(14)4)20-18(21(26)27)15-7-5-6-8-16(15)29-20/h9-11H,5-8H2,1-4H3,(H,26,27)/b17-10-. The average Bonchev–Trinajstić information content (AvgIpc) is 3.26. The first kappa shape index (κ1) is 20.9. The largest absolute Gasteiger partial charge is 0.478 e.